The number of aromatic nitrogens is 2. The molecule has 0 bridgehead atoms. The molecule has 0 aliphatic carbocycles. The van der Waals surface area contributed by atoms with Crippen LogP contribution in [0.1, 0.15) is 17.9 Å². The highest BCUT2D eigenvalue weighted by atomic mass is 16.5. The molecule has 3 N–H and O–H groups in total. The van der Waals surface area contributed by atoms with E-state index in [1.807, 2.05) is 47.4 Å². The van der Waals surface area contributed by atoms with Gasteiger partial charge in [-0.1, -0.05) is 36.9 Å². The molecule has 3 aromatic carbocycles. The number of hydrogen-bond acceptors (Lipinski definition) is 6. The minimum Gasteiger partial charge on any atom is -0.457 e. The smallest absolute Gasteiger partial charge is 0.220 e. The molecule has 6 nitrogen and oxygen atoms in total. The Balaban J connectivity index is 1.49. The van der Waals surface area contributed by atoms with E-state index < -0.39 is 6.23 Å². The van der Waals surface area contributed by atoms with Gasteiger partial charge in [0.15, 0.2) is 0 Å². The number of rotatable bonds is 6. The van der Waals surface area contributed by atoms with Gasteiger partial charge in [0.05, 0.1) is 5.52 Å². The van der Waals surface area contributed by atoms with Gasteiger partial charge in [-0.25, -0.2) is 9.97 Å². The lowest BCUT2D eigenvalue weighted by Crippen LogP contribution is -2.31. The zero-order valence-electron chi connectivity index (χ0n) is 18.3. The Kier molecular flexibility index (Phi) is 5.77. The third kappa shape index (κ3) is 4.44. The molecule has 5 rings (SSSR count). The molecular formula is C27H26N4O2. The lowest BCUT2D eigenvalue weighted by molar-refractivity contribution is 0.0605. The average molecular weight is 439 g/mol. The van der Waals surface area contributed by atoms with E-state index in [1.54, 1.807) is 12.3 Å². The van der Waals surface area contributed by atoms with Gasteiger partial charge in [0.1, 0.15) is 17.7 Å². The van der Waals surface area contributed by atoms with Crippen LogP contribution in [0.4, 0.5) is 5.95 Å². The summed E-state index contributed by atoms with van der Waals surface area (Å²) in [5.74, 6) is 2.09. The SMILES string of the molecule is C=CC(O)N1CCC(c2cc(-c3ccc(Oc4ccccc4)cc3)cc3cnc(N)nc23)C1. The van der Waals surface area contributed by atoms with E-state index in [0.29, 0.717) is 0 Å². The van der Waals surface area contributed by atoms with Gasteiger partial charge in [-0.15, -0.1) is 0 Å². The molecule has 2 atom stereocenters. The van der Waals surface area contributed by atoms with Crippen molar-refractivity contribution >= 4 is 16.9 Å². The summed E-state index contributed by atoms with van der Waals surface area (Å²) in [5.41, 5.74) is 10.1. The second-order valence-electron chi connectivity index (χ2n) is 8.30. The highest BCUT2D eigenvalue weighted by molar-refractivity contribution is 5.88. The Labute approximate surface area is 193 Å². The van der Waals surface area contributed by atoms with E-state index in [1.165, 1.54) is 0 Å². The molecule has 1 saturated heterocycles. The van der Waals surface area contributed by atoms with Crippen LogP contribution in [0, 0.1) is 0 Å². The number of nitrogens with two attached hydrogens (primary N) is 1. The number of benzene rings is 3. The van der Waals surface area contributed by atoms with Crippen LogP contribution in [0.3, 0.4) is 0 Å². The number of aliphatic hydroxyl groups excluding tert-OH is 1. The van der Waals surface area contributed by atoms with Crippen molar-refractivity contribution in [3.8, 4) is 22.6 Å². The molecular weight excluding hydrogens is 412 g/mol. The molecule has 0 amide bonds. The molecule has 2 unspecified atom stereocenters. The summed E-state index contributed by atoms with van der Waals surface area (Å²) in [5, 5.41) is 11.1. The first-order chi connectivity index (χ1) is 16.1. The third-order valence-electron chi connectivity index (χ3n) is 6.14. The average Bonchev–Trinajstić information content (AvgIpc) is 3.34. The number of nitrogens with zero attached hydrogens (tertiary/aromatic N) is 3. The maximum absolute atomic E-state index is 10.2. The van der Waals surface area contributed by atoms with Gasteiger partial charge >= 0.3 is 0 Å². The number of fused-ring (bicyclic) bond motifs is 1. The Morgan fingerprint density at radius 1 is 1.06 bits per heavy atom. The van der Waals surface area contributed by atoms with Gasteiger partial charge in [0.2, 0.25) is 5.95 Å². The predicted molar refractivity (Wildman–Crippen MR) is 131 cm³/mol. The van der Waals surface area contributed by atoms with Crippen LogP contribution >= 0.6 is 0 Å². The summed E-state index contributed by atoms with van der Waals surface area (Å²) < 4.78 is 5.93. The maximum atomic E-state index is 10.2. The topological polar surface area (TPSA) is 84.5 Å². The molecule has 1 aromatic heterocycles. The quantitative estimate of drug-likeness (QED) is 0.414. The summed E-state index contributed by atoms with van der Waals surface area (Å²) in [7, 11) is 0. The number of anilines is 1. The van der Waals surface area contributed by atoms with Crippen molar-refractivity contribution in [2.24, 2.45) is 0 Å². The van der Waals surface area contributed by atoms with Gasteiger partial charge in [0, 0.05) is 30.6 Å². The largest absolute Gasteiger partial charge is 0.457 e. The van der Waals surface area contributed by atoms with E-state index in [4.69, 9.17) is 10.5 Å². The number of hydrogen-bond donors (Lipinski definition) is 2. The van der Waals surface area contributed by atoms with Crippen molar-refractivity contribution in [3.63, 3.8) is 0 Å². The van der Waals surface area contributed by atoms with Crippen molar-refractivity contribution in [3.05, 3.63) is 91.1 Å². The summed E-state index contributed by atoms with van der Waals surface area (Å²) >= 11 is 0. The first-order valence-corrected chi connectivity index (χ1v) is 11.0. The number of aliphatic hydroxyl groups is 1. The molecule has 0 spiro atoms. The standard InChI is InChI=1S/C27H26N4O2/c1-2-25(32)31-13-12-19(17-31)24-15-20(14-21-16-29-27(28)30-26(21)24)18-8-10-23(11-9-18)33-22-6-4-3-5-7-22/h2-11,14-16,19,25,32H,1,12-13,17H2,(H2,28,29,30). The Bertz CT molecular complexity index is 1270. The fourth-order valence-electron chi connectivity index (χ4n) is 4.44. The van der Waals surface area contributed by atoms with E-state index in [-0.39, 0.29) is 11.9 Å². The van der Waals surface area contributed by atoms with Gasteiger partial charge in [-0.2, -0.15) is 0 Å². The van der Waals surface area contributed by atoms with Crippen molar-refractivity contribution < 1.29 is 9.84 Å². The monoisotopic (exact) mass is 438 g/mol. The lowest BCUT2D eigenvalue weighted by Gasteiger charge is -2.20. The fourth-order valence-corrected chi connectivity index (χ4v) is 4.44. The van der Waals surface area contributed by atoms with E-state index in [0.717, 1.165) is 58.6 Å². The summed E-state index contributed by atoms with van der Waals surface area (Å²) in [6.07, 6.45) is 3.64. The highest BCUT2D eigenvalue weighted by Gasteiger charge is 2.29. The van der Waals surface area contributed by atoms with E-state index in [9.17, 15) is 5.11 Å². The molecule has 0 radical (unpaired) electrons. The zero-order valence-corrected chi connectivity index (χ0v) is 18.3. The van der Waals surface area contributed by atoms with Crippen LogP contribution in [-0.2, 0) is 0 Å². The number of ether oxygens (including phenoxy) is 1. The predicted octanol–water partition coefficient (Wildman–Crippen LogP) is 4.97. The summed E-state index contributed by atoms with van der Waals surface area (Å²) in [6, 6.07) is 22.1. The molecule has 4 aromatic rings. The summed E-state index contributed by atoms with van der Waals surface area (Å²) in [6.45, 7) is 5.25. The molecule has 1 aliphatic heterocycles. The van der Waals surface area contributed by atoms with Gasteiger partial charge in [-0.3, -0.25) is 4.90 Å². The maximum Gasteiger partial charge on any atom is 0.220 e. The molecule has 1 fully saturated rings. The number of para-hydroxylation sites is 1. The number of nitrogen functional groups attached to an aromatic ring is 1. The van der Waals surface area contributed by atoms with Crippen LogP contribution in [0.2, 0.25) is 0 Å². The minimum absolute atomic E-state index is 0.233. The van der Waals surface area contributed by atoms with E-state index in [2.05, 4.69) is 40.8 Å². The molecule has 6 heteroatoms. The third-order valence-corrected chi connectivity index (χ3v) is 6.14. The van der Waals surface area contributed by atoms with Crippen LogP contribution in [0.15, 0.2) is 85.6 Å². The molecule has 166 valence electrons. The normalized spacial score (nSPS) is 17.2. The van der Waals surface area contributed by atoms with Crippen LogP contribution in [0.5, 0.6) is 11.5 Å². The molecule has 33 heavy (non-hydrogen) atoms. The zero-order chi connectivity index (χ0) is 22.8. The van der Waals surface area contributed by atoms with Crippen molar-refractivity contribution in [2.45, 2.75) is 18.6 Å². The van der Waals surface area contributed by atoms with Crippen molar-refractivity contribution in [1.29, 1.82) is 0 Å². The van der Waals surface area contributed by atoms with Crippen LogP contribution < -0.4 is 10.5 Å². The number of likely N-dealkylation sites (tertiary alicyclic amines) is 1. The van der Waals surface area contributed by atoms with E-state index >= 15 is 0 Å². The Morgan fingerprint density at radius 3 is 2.58 bits per heavy atom. The van der Waals surface area contributed by atoms with Gasteiger partial charge in [0.25, 0.3) is 0 Å². The lowest BCUT2D eigenvalue weighted by atomic mass is 9.92. The highest BCUT2D eigenvalue weighted by Crippen LogP contribution is 2.36. The molecule has 1 aliphatic rings. The van der Waals surface area contributed by atoms with Crippen molar-refractivity contribution in [1.82, 2.24) is 14.9 Å². The van der Waals surface area contributed by atoms with Crippen LogP contribution in [0.25, 0.3) is 22.0 Å². The van der Waals surface area contributed by atoms with Crippen molar-refractivity contribution in [2.75, 3.05) is 18.8 Å². The molecule has 2 heterocycles. The van der Waals surface area contributed by atoms with Crippen LogP contribution in [-0.4, -0.2) is 39.3 Å². The molecule has 0 saturated carbocycles. The van der Waals surface area contributed by atoms with Gasteiger partial charge < -0.3 is 15.6 Å². The fraction of sp³-hybridized carbons (Fsp3) is 0.185. The Hall–Kier alpha value is -3.74. The van der Waals surface area contributed by atoms with Gasteiger partial charge in [-0.05, 0) is 65.6 Å². The minimum atomic E-state index is -0.638. The summed E-state index contributed by atoms with van der Waals surface area (Å²) in [4.78, 5) is 10.8. The first kappa shape index (κ1) is 21.1. The second kappa shape index (κ2) is 9.02. The second-order valence-corrected chi connectivity index (χ2v) is 8.30. The Morgan fingerprint density at radius 2 is 1.82 bits per heavy atom. The first-order valence-electron chi connectivity index (χ1n) is 11.0.